The van der Waals surface area contributed by atoms with E-state index in [1.54, 1.807) is 0 Å². The van der Waals surface area contributed by atoms with Gasteiger partial charge in [0.05, 0.1) is 0 Å². The highest BCUT2D eigenvalue weighted by atomic mass is 16.5. The van der Waals surface area contributed by atoms with E-state index in [0.717, 1.165) is 23.2 Å². The molecule has 0 aliphatic carbocycles. The van der Waals surface area contributed by atoms with Crippen molar-refractivity contribution in [3.8, 4) is 5.75 Å². The summed E-state index contributed by atoms with van der Waals surface area (Å²) in [5.41, 5.74) is 3.29. The average molecular weight is 324 g/mol. The minimum absolute atomic E-state index is 0.0595. The standard InChI is InChI=1S/C22H28O2/c1-21(2,3)18-11-12-20(19(15-18)22(4,5)13-14-23)24-16-17-9-7-6-8-10-17/h6-12,14-15H,13,16H2,1-5H3. The summed E-state index contributed by atoms with van der Waals surface area (Å²) in [7, 11) is 0. The van der Waals surface area contributed by atoms with Gasteiger partial charge in [0.15, 0.2) is 0 Å². The highest BCUT2D eigenvalue weighted by Crippen LogP contribution is 2.37. The van der Waals surface area contributed by atoms with E-state index in [0.29, 0.717) is 13.0 Å². The molecule has 128 valence electrons. The summed E-state index contributed by atoms with van der Waals surface area (Å²) >= 11 is 0. The molecule has 0 fully saturated rings. The molecular formula is C22H28O2. The molecule has 0 bridgehead atoms. The molecule has 0 radical (unpaired) electrons. The topological polar surface area (TPSA) is 26.3 Å². The van der Waals surface area contributed by atoms with Crippen molar-refractivity contribution in [1.82, 2.24) is 0 Å². The van der Waals surface area contributed by atoms with Crippen LogP contribution in [-0.4, -0.2) is 6.29 Å². The fourth-order valence-corrected chi connectivity index (χ4v) is 2.70. The van der Waals surface area contributed by atoms with Crippen molar-refractivity contribution in [2.75, 3.05) is 0 Å². The van der Waals surface area contributed by atoms with E-state index < -0.39 is 0 Å². The van der Waals surface area contributed by atoms with Crippen LogP contribution in [0.5, 0.6) is 5.75 Å². The van der Waals surface area contributed by atoms with Crippen LogP contribution in [0.25, 0.3) is 0 Å². The minimum atomic E-state index is -0.255. The SMILES string of the molecule is CC(C)(C)c1ccc(OCc2ccccc2)c(C(C)(C)CC=O)c1. The maximum Gasteiger partial charge on any atom is 0.123 e. The number of carbonyl (C=O) groups excluding carboxylic acids is 1. The predicted octanol–water partition coefficient (Wildman–Crippen LogP) is 5.43. The first-order chi connectivity index (χ1) is 11.2. The van der Waals surface area contributed by atoms with E-state index in [1.807, 2.05) is 24.3 Å². The Labute approximate surface area is 145 Å². The van der Waals surface area contributed by atoms with Crippen molar-refractivity contribution in [2.24, 2.45) is 0 Å². The van der Waals surface area contributed by atoms with Crippen molar-refractivity contribution < 1.29 is 9.53 Å². The Morgan fingerprint density at radius 2 is 1.62 bits per heavy atom. The molecule has 0 amide bonds. The summed E-state index contributed by atoms with van der Waals surface area (Å²) in [5.74, 6) is 0.860. The van der Waals surface area contributed by atoms with Gasteiger partial charge in [-0.3, -0.25) is 0 Å². The molecule has 0 spiro atoms. The molecule has 2 heteroatoms. The Hall–Kier alpha value is -2.09. The number of hydrogen-bond acceptors (Lipinski definition) is 2. The number of rotatable bonds is 6. The van der Waals surface area contributed by atoms with Crippen molar-refractivity contribution in [3.63, 3.8) is 0 Å². The lowest BCUT2D eigenvalue weighted by atomic mass is 9.77. The maximum absolute atomic E-state index is 11.1. The van der Waals surface area contributed by atoms with Gasteiger partial charge in [0.1, 0.15) is 18.6 Å². The third-order valence-corrected chi connectivity index (χ3v) is 4.41. The number of benzene rings is 2. The lowest BCUT2D eigenvalue weighted by Gasteiger charge is -2.29. The second kappa shape index (κ2) is 7.21. The first kappa shape index (κ1) is 18.3. The van der Waals surface area contributed by atoms with Crippen LogP contribution < -0.4 is 4.74 Å². The monoisotopic (exact) mass is 324 g/mol. The van der Waals surface area contributed by atoms with Gasteiger partial charge in [-0.05, 0) is 28.0 Å². The number of ether oxygens (including phenoxy) is 1. The molecule has 0 N–H and O–H groups in total. The summed E-state index contributed by atoms with van der Waals surface area (Å²) in [5, 5.41) is 0. The Morgan fingerprint density at radius 1 is 0.958 bits per heavy atom. The molecular weight excluding hydrogens is 296 g/mol. The van der Waals surface area contributed by atoms with Crippen molar-refractivity contribution in [3.05, 3.63) is 65.2 Å². The molecule has 0 aliphatic rings. The maximum atomic E-state index is 11.1. The zero-order chi connectivity index (χ0) is 17.8. The van der Waals surface area contributed by atoms with Gasteiger partial charge in [-0.25, -0.2) is 0 Å². The van der Waals surface area contributed by atoms with Gasteiger partial charge in [-0.15, -0.1) is 0 Å². The van der Waals surface area contributed by atoms with Crippen LogP contribution in [0.3, 0.4) is 0 Å². The summed E-state index contributed by atoms with van der Waals surface area (Å²) in [6.07, 6.45) is 1.47. The quantitative estimate of drug-likeness (QED) is 0.662. The van der Waals surface area contributed by atoms with Gasteiger partial charge in [-0.2, -0.15) is 0 Å². The van der Waals surface area contributed by atoms with E-state index in [4.69, 9.17) is 4.74 Å². The minimum Gasteiger partial charge on any atom is -0.489 e. The van der Waals surface area contributed by atoms with Gasteiger partial charge >= 0.3 is 0 Å². The first-order valence-electron chi connectivity index (χ1n) is 8.49. The van der Waals surface area contributed by atoms with E-state index in [2.05, 4.69) is 58.9 Å². The molecule has 0 atom stereocenters. The fourth-order valence-electron chi connectivity index (χ4n) is 2.70. The molecule has 0 saturated carbocycles. The molecule has 0 aliphatic heterocycles. The average Bonchev–Trinajstić information content (AvgIpc) is 2.53. The number of hydrogen-bond donors (Lipinski definition) is 0. The van der Waals surface area contributed by atoms with Crippen LogP contribution >= 0.6 is 0 Å². The van der Waals surface area contributed by atoms with E-state index in [1.165, 1.54) is 5.56 Å². The van der Waals surface area contributed by atoms with Crippen molar-refractivity contribution in [1.29, 1.82) is 0 Å². The van der Waals surface area contributed by atoms with Crippen LogP contribution in [0.4, 0.5) is 0 Å². The Morgan fingerprint density at radius 3 is 2.21 bits per heavy atom. The molecule has 0 unspecified atom stereocenters. The lowest BCUT2D eigenvalue weighted by Crippen LogP contribution is -2.21. The van der Waals surface area contributed by atoms with Crippen molar-refractivity contribution in [2.45, 2.75) is 58.5 Å². The van der Waals surface area contributed by atoms with E-state index >= 15 is 0 Å². The fraction of sp³-hybridized carbons (Fsp3) is 0.409. The third kappa shape index (κ3) is 4.47. The highest BCUT2D eigenvalue weighted by molar-refractivity contribution is 5.55. The molecule has 2 aromatic carbocycles. The summed E-state index contributed by atoms with van der Waals surface area (Å²) in [6, 6.07) is 16.5. The summed E-state index contributed by atoms with van der Waals surface area (Å²) in [6.45, 7) is 11.3. The predicted molar refractivity (Wildman–Crippen MR) is 99.6 cm³/mol. The second-order valence-corrected chi connectivity index (χ2v) is 7.99. The molecule has 0 saturated heterocycles. The van der Waals surface area contributed by atoms with E-state index in [-0.39, 0.29) is 10.8 Å². The van der Waals surface area contributed by atoms with Crippen LogP contribution in [0, 0.1) is 0 Å². The molecule has 24 heavy (non-hydrogen) atoms. The Bertz CT molecular complexity index is 679. The number of carbonyl (C=O) groups is 1. The lowest BCUT2D eigenvalue weighted by molar-refractivity contribution is -0.108. The second-order valence-electron chi connectivity index (χ2n) is 7.99. The zero-order valence-corrected chi connectivity index (χ0v) is 15.4. The largest absolute Gasteiger partial charge is 0.489 e. The molecule has 0 heterocycles. The van der Waals surface area contributed by atoms with Gasteiger partial charge in [-0.1, -0.05) is 77.1 Å². The third-order valence-electron chi connectivity index (χ3n) is 4.41. The normalized spacial score (nSPS) is 12.0. The van der Waals surface area contributed by atoms with Crippen LogP contribution in [-0.2, 0) is 22.2 Å². The van der Waals surface area contributed by atoms with Gasteiger partial charge in [0.25, 0.3) is 0 Å². The smallest absolute Gasteiger partial charge is 0.123 e. The van der Waals surface area contributed by atoms with Crippen LogP contribution in [0.1, 0.15) is 57.7 Å². The molecule has 0 aromatic heterocycles. The van der Waals surface area contributed by atoms with Crippen LogP contribution in [0.2, 0.25) is 0 Å². The summed E-state index contributed by atoms with van der Waals surface area (Å²) in [4.78, 5) is 11.1. The van der Waals surface area contributed by atoms with E-state index in [9.17, 15) is 4.79 Å². The van der Waals surface area contributed by atoms with Gasteiger partial charge < -0.3 is 9.53 Å². The van der Waals surface area contributed by atoms with Crippen molar-refractivity contribution >= 4 is 6.29 Å². The molecule has 2 rings (SSSR count). The Balaban J connectivity index is 2.37. The summed E-state index contributed by atoms with van der Waals surface area (Å²) < 4.78 is 6.11. The molecule has 2 nitrogen and oxygen atoms in total. The zero-order valence-electron chi connectivity index (χ0n) is 15.4. The number of aldehydes is 1. The van der Waals surface area contributed by atoms with Gasteiger partial charge in [0.2, 0.25) is 0 Å². The van der Waals surface area contributed by atoms with Crippen LogP contribution in [0.15, 0.2) is 48.5 Å². The Kier molecular flexibility index (Phi) is 5.48. The van der Waals surface area contributed by atoms with Gasteiger partial charge in [0, 0.05) is 12.0 Å². The highest BCUT2D eigenvalue weighted by Gasteiger charge is 2.26. The molecule has 2 aromatic rings. The first-order valence-corrected chi connectivity index (χ1v) is 8.49.